The van der Waals surface area contributed by atoms with E-state index in [1.54, 1.807) is 0 Å². The molecule has 0 aromatic rings. The van der Waals surface area contributed by atoms with E-state index in [1.807, 2.05) is 0 Å². The first-order valence-corrected chi connectivity index (χ1v) is 2.98. The van der Waals surface area contributed by atoms with Crippen LogP contribution in [0.25, 0.3) is 0 Å². The molecule has 0 bridgehead atoms. The second-order valence-electron chi connectivity index (χ2n) is 0.620. The fraction of sp³-hybridized carbons (Fsp3) is 0. The molecule has 0 rings (SSSR count). The molecule has 6 nitrogen and oxygen atoms in total. The summed E-state index contributed by atoms with van der Waals surface area (Å²) in [6, 6.07) is 0. The Hall–Kier alpha value is 1.06. The Morgan fingerprint density at radius 1 is 1.30 bits per heavy atom. The average Bonchev–Trinajstić information content (AvgIpc) is 1.27. The molecule has 0 fully saturated rings. The molecule has 0 saturated carbocycles. The van der Waals surface area contributed by atoms with Gasteiger partial charge < -0.3 is 29.1 Å². The molecule has 0 saturated heterocycles. The van der Waals surface area contributed by atoms with E-state index in [0.29, 0.717) is 0 Å². The zero-order valence-corrected chi connectivity index (χ0v) is 9.30. The van der Waals surface area contributed by atoms with Crippen LogP contribution in [-0.2, 0) is 4.79 Å². The van der Waals surface area contributed by atoms with Crippen LogP contribution in [-0.4, -0.2) is 37.7 Å². The Labute approximate surface area is 91.0 Å². The van der Waals surface area contributed by atoms with Crippen LogP contribution in [0.3, 0.4) is 0 Å². The zero-order valence-electron chi connectivity index (χ0n) is 5.14. The largest absolute Gasteiger partial charge is 3.00 e. The summed E-state index contributed by atoms with van der Waals surface area (Å²) in [4.78, 5) is 41.3. The maximum atomic E-state index is 8.69. The third kappa shape index (κ3) is 524. The Balaban J connectivity index is -0.0000000326. The van der Waals surface area contributed by atoms with Gasteiger partial charge in [-0.15, -0.1) is 9.05 Å². The number of carbonyl (C=O) groups excluding carboxylic acids is 1. The molecule has 0 aliphatic carbocycles. The Morgan fingerprint density at radius 3 is 1.30 bits per heavy atom. The van der Waals surface area contributed by atoms with E-state index in [-0.39, 0.29) is 46.9 Å². The van der Waals surface area contributed by atoms with E-state index in [1.165, 1.54) is 0 Å². The summed E-state index contributed by atoms with van der Waals surface area (Å²) in [5.41, 5.74) is 0. The van der Waals surface area contributed by atoms with E-state index >= 15 is 0 Å². The van der Waals surface area contributed by atoms with E-state index < -0.39 is 15.5 Å². The van der Waals surface area contributed by atoms with Crippen LogP contribution in [0.4, 0.5) is 0 Å². The van der Waals surface area contributed by atoms with Crippen LogP contribution in [0.15, 0.2) is 0 Å². The van der Waals surface area contributed by atoms with Crippen LogP contribution in [0.1, 0.15) is 0 Å². The van der Waals surface area contributed by atoms with Gasteiger partial charge in [0.1, 0.15) is 0 Å². The SMILES string of the molecule is O=C[O-].[Al+3].[Na+].[O-][Si]([O-])([O-])O. The number of rotatable bonds is 0. The summed E-state index contributed by atoms with van der Waals surface area (Å²) in [5, 5.41) is 8.25. The van der Waals surface area contributed by atoms with Crippen LogP contribution in [0, 0.1) is 0 Å². The Kier molecular flexibility index (Phi) is 28.5. The van der Waals surface area contributed by atoms with Gasteiger partial charge in [0.15, 0.2) is 0 Å². The van der Waals surface area contributed by atoms with Gasteiger partial charge in [-0.25, -0.2) is 0 Å². The summed E-state index contributed by atoms with van der Waals surface area (Å²) < 4.78 is 0. The summed E-state index contributed by atoms with van der Waals surface area (Å²) >= 11 is 0. The van der Waals surface area contributed by atoms with Gasteiger partial charge in [-0.3, -0.25) is 0 Å². The maximum Gasteiger partial charge on any atom is 3.00 e. The first-order chi connectivity index (χ1) is 3.41. The normalized spacial score (nSPS) is 7.20. The minimum Gasteiger partial charge on any atom is -0.861 e. The average molecular weight is 188 g/mol. The van der Waals surface area contributed by atoms with Gasteiger partial charge in [-0.05, 0) is 0 Å². The predicted octanol–water partition coefficient (Wildman–Crippen LogP) is -9.52. The molecule has 0 atom stereocenters. The second kappa shape index (κ2) is 12.7. The quantitative estimate of drug-likeness (QED) is 0.296. The van der Waals surface area contributed by atoms with E-state index in [9.17, 15) is 0 Å². The first-order valence-electron chi connectivity index (χ1n) is 1.31. The van der Waals surface area contributed by atoms with Gasteiger partial charge in [0.25, 0.3) is 0 Å². The Morgan fingerprint density at radius 2 is 1.30 bits per heavy atom. The smallest absolute Gasteiger partial charge is 0.861 e. The molecule has 0 unspecified atom stereocenters. The molecule has 0 aromatic carbocycles. The maximum absolute atomic E-state index is 8.69. The molecule has 0 aliphatic rings. The van der Waals surface area contributed by atoms with Crippen molar-refractivity contribution >= 4 is 32.9 Å². The van der Waals surface area contributed by atoms with Gasteiger partial charge in [0, 0.05) is 6.47 Å². The van der Waals surface area contributed by atoms with Gasteiger partial charge >= 0.3 is 46.9 Å². The van der Waals surface area contributed by atoms with Crippen molar-refractivity contribution in [2.45, 2.75) is 0 Å². The van der Waals surface area contributed by atoms with Gasteiger partial charge in [-0.1, -0.05) is 0 Å². The molecule has 1 N–H and O–H groups in total. The van der Waals surface area contributed by atoms with Crippen molar-refractivity contribution in [1.82, 2.24) is 0 Å². The molecular formula is CH2AlNaO6Si. The molecule has 50 valence electrons. The zero-order chi connectivity index (χ0) is 7.21. The van der Waals surface area contributed by atoms with Crippen molar-refractivity contribution in [1.29, 1.82) is 0 Å². The third-order valence-corrected chi connectivity index (χ3v) is 0. The van der Waals surface area contributed by atoms with Crippen LogP contribution in [0.5, 0.6) is 0 Å². The number of hydrogen-bond donors (Lipinski definition) is 1. The van der Waals surface area contributed by atoms with E-state index in [4.69, 9.17) is 29.1 Å². The minimum absolute atomic E-state index is 0. The fourth-order valence-electron chi connectivity index (χ4n) is 0. The molecule has 10 heavy (non-hydrogen) atoms. The topological polar surface area (TPSA) is 130 Å². The molecule has 0 amide bonds. The summed E-state index contributed by atoms with van der Waals surface area (Å²) in [5.74, 6) is 0. The first kappa shape index (κ1) is 22.5. The second-order valence-corrected chi connectivity index (χ2v) is 1.67. The molecule has 9 heteroatoms. The van der Waals surface area contributed by atoms with Crippen LogP contribution < -0.4 is 49.1 Å². The van der Waals surface area contributed by atoms with Crippen molar-refractivity contribution < 1.29 is 58.6 Å². The van der Waals surface area contributed by atoms with E-state index in [2.05, 4.69) is 0 Å². The standard InChI is InChI=1S/CH2O2.Al.Na.HO4Si/c2-1-3;;;1-5(2,3)4/h1H,(H,2,3);;;1H/q;+3;+1;-3/p-1. The summed E-state index contributed by atoms with van der Waals surface area (Å²) in [6.45, 7) is -0.500. The molecule has 0 radical (unpaired) electrons. The molecule has 0 aliphatic heterocycles. The van der Waals surface area contributed by atoms with Crippen molar-refractivity contribution in [2.24, 2.45) is 0 Å². The third-order valence-electron chi connectivity index (χ3n) is 0. The monoisotopic (exact) mass is 188 g/mol. The van der Waals surface area contributed by atoms with Gasteiger partial charge in [-0.2, -0.15) is 0 Å². The van der Waals surface area contributed by atoms with Gasteiger partial charge in [0.05, 0.1) is 0 Å². The van der Waals surface area contributed by atoms with Crippen molar-refractivity contribution in [3.8, 4) is 0 Å². The molecule has 0 aromatic heterocycles. The molecular weight excluding hydrogens is 186 g/mol. The Bertz CT molecular complexity index is 57.3. The van der Waals surface area contributed by atoms with Crippen molar-refractivity contribution in [3.05, 3.63) is 0 Å². The number of carbonyl (C=O) groups is 1. The van der Waals surface area contributed by atoms with Crippen molar-refractivity contribution in [3.63, 3.8) is 0 Å². The number of hydrogen-bond acceptors (Lipinski definition) is 6. The fourth-order valence-corrected chi connectivity index (χ4v) is 0. The minimum atomic E-state index is -5.36. The summed E-state index contributed by atoms with van der Waals surface area (Å²) in [6.07, 6.45) is 0. The van der Waals surface area contributed by atoms with Gasteiger partial charge in [0.2, 0.25) is 0 Å². The number of carboxylic acid groups (broad SMARTS) is 1. The summed E-state index contributed by atoms with van der Waals surface area (Å²) in [7, 11) is -5.36. The predicted molar refractivity (Wildman–Crippen MR) is 19.8 cm³/mol. The van der Waals surface area contributed by atoms with Crippen LogP contribution >= 0.6 is 0 Å². The van der Waals surface area contributed by atoms with E-state index in [0.717, 1.165) is 0 Å². The molecule has 0 heterocycles. The van der Waals surface area contributed by atoms with Crippen molar-refractivity contribution in [2.75, 3.05) is 0 Å². The van der Waals surface area contributed by atoms with Crippen LogP contribution in [0.2, 0.25) is 0 Å². The molecule has 0 spiro atoms.